The molecule has 0 atom stereocenters. The number of rotatable bonds is 1. The van der Waals surface area contributed by atoms with E-state index in [2.05, 4.69) is 51.6 Å². The molecule has 1 aliphatic rings. The van der Waals surface area contributed by atoms with Gasteiger partial charge in [0, 0.05) is 17.6 Å². The summed E-state index contributed by atoms with van der Waals surface area (Å²) in [5.41, 5.74) is 2.75. The van der Waals surface area contributed by atoms with Crippen LogP contribution in [-0.2, 0) is 0 Å². The van der Waals surface area contributed by atoms with Crippen LogP contribution in [0.2, 0.25) is 0 Å². The minimum Gasteiger partial charge on any atom is -0.237 e. The Morgan fingerprint density at radius 2 is 2.23 bits per heavy atom. The average molecular weight is 237 g/mol. The molecule has 0 spiro atoms. The highest BCUT2D eigenvalue weighted by Crippen LogP contribution is 2.22. The number of benzene rings is 1. The van der Waals surface area contributed by atoms with E-state index in [-0.39, 0.29) is 0 Å². The molecule has 1 aromatic carbocycles. The summed E-state index contributed by atoms with van der Waals surface area (Å²) < 4.78 is 1.15. The Balaban J connectivity index is 2.29. The molecular weight excluding hydrogens is 226 g/mol. The second-order valence-corrected chi connectivity index (χ2v) is 4.04. The highest BCUT2D eigenvalue weighted by molar-refractivity contribution is 9.10. The van der Waals surface area contributed by atoms with Gasteiger partial charge in [-0.25, -0.2) is 5.32 Å². The molecule has 2 heteroatoms. The van der Waals surface area contributed by atoms with E-state index in [9.17, 15) is 0 Å². The summed E-state index contributed by atoms with van der Waals surface area (Å²) in [4.78, 5) is 0. The van der Waals surface area contributed by atoms with Gasteiger partial charge in [0.05, 0.1) is 0 Å². The van der Waals surface area contributed by atoms with Crippen LogP contribution in [0.5, 0.6) is 0 Å². The maximum atomic E-state index is 4.29. The number of hydrogen-bond acceptors (Lipinski definition) is 0. The molecule has 0 aromatic heterocycles. The third kappa shape index (κ3) is 2.20. The molecule has 1 aromatic rings. The van der Waals surface area contributed by atoms with Gasteiger partial charge in [0.2, 0.25) is 0 Å². The molecule has 0 N–H and O–H groups in total. The van der Waals surface area contributed by atoms with Crippen molar-refractivity contribution in [3.63, 3.8) is 0 Å². The van der Waals surface area contributed by atoms with Crippen LogP contribution in [0.4, 0.5) is 0 Å². The Morgan fingerprint density at radius 3 is 2.92 bits per heavy atom. The molecule has 13 heavy (non-hydrogen) atoms. The molecule has 67 valence electrons. The van der Waals surface area contributed by atoms with Gasteiger partial charge in [0.15, 0.2) is 0 Å². The van der Waals surface area contributed by atoms with Crippen molar-refractivity contribution < 1.29 is 0 Å². The second-order valence-electron chi connectivity index (χ2n) is 3.12. The van der Waals surface area contributed by atoms with E-state index in [4.69, 9.17) is 0 Å². The van der Waals surface area contributed by atoms with Crippen LogP contribution in [-0.4, -0.2) is 13.1 Å². The summed E-state index contributed by atoms with van der Waals surface area (Å²) in [5, 5.41) is 4.29. The summed E-state index contributed by atoms with van der Waals surface area (Å²) in [7, 11) is 0. The van der Waals surface area contributed by atoms with Gasteiger partial charge in [-0.1, -0.05) is 34.1 Å². The zero-order chi connectivity index (χ0) is 9.10. The molecule has 0 unspecified atom stereocenters. The third-order valence-electron chi connectivity index (χ3n) is 2.20. The van der Waals surface area contributed by atoms with Crippen molar-refractivity contribution in [1.29, 1.82) is 0 Å². The Hall–Kier alpha value is -0.600. The Bertz CT molecular complexity index is 331. The largest absolute Gasteiger partial charge is 0.237 e. The van der Waals surface area contributed by atoms with E-state index in [1.807, 2.05) is 0 Å². The third-order valence-corrected chi connectivity index (χ3v) is 2.69. The molecule has 1 aliphatic heterocycles. The molecule has 1 nitrogen and oxygen atoms in total. The minimum atomic E-state index is 0.877. The monoisotopic (exact) mass is 236 g/mol. The normalized spacial score (nSPS) is 16.8. The number of hydrogen-bond donors (Lipinski definition) is 0. The van der Waals surface area contributed by atoms with Crippen molar-refractivity contribution in [1.82, 2.24) is 5.32 Å². The average Bonchev–Trinajstić information content (AvgIpc) is 2.19. The fourth-order valence-corrected chi connectivity index (χ4v) is 1.92. The lowest BCUT2D eigenvalue weighted by molar-refractivity contribution is 0.723. The molecule has 0 saturated carbocycles. The van der Waals surface area contributed by atoms with Crippen LogP contribution >= 0.6 is 15.9 Å². The summed E-state index contributed by atoms with van der Waals surface area (Å²) in [6.45, 7) is 1.85. The second kappa shape index (κ2) is 4.07. The quantitative estimate of drug-likeness (QED) is 0.713. The molecule has 0 fully saturated rings. The van der Waals surface area contributed by atoms with Crippen molar-refractivity contribution in [2.45, 2.75) is 6.42 Å². The zero-order valence-corrected chi connectivity index (χ0v) is 8.92. The lowest BCUT2D eigenvalue weighted by atomic mass is 10.0. The van der Waals surface area contributed by atoms with Gasteiger partial charge in [-0.05, 0) is 29.7 Å². The zero-order valence-electron chi connectivity index (χ0n) is 7.33. The molecule has 2 rings (SSSR count). The summed E-state index contributed by atoms with van der Waals surface area (Å²) >= 11 is 3.48. The summed E-state index contributed by atoms with van der Waals surface area (Å²) in [5.74, 6) is 0. The van der Waals surface area contributed by atoms with Crippen LogP contribution in [0.25, 0.3) is 5.57 Å². The standard InChI is InChI=1S/C11H11BrN/c12-11-3-1-2-10(8-11)9-4-6-13-7-5-9/h1-4,8H,5-7H2. The molecule has 1 heterocycles. The fraction of sp³-hybridized carbons (Fsp3) is 0.273. The highest BCUT2D eigenvalue weighted by atomic mass is 79.9. The first-order valence-electron chi connectivity index (χ1n) is 4.44. The Morgan fingerprint density at radius 1 is 1.31 bits per heavy atom. The van der Waals surface area contributed by atoms with E-state index in [0.29, 0.717) is 0 Å². The molecular formula is C11H11BrN. The summed E-state index contributed by atoms with van der Waals surface area (Å²) in [6, 6.07) is 8.45. The fourth-order valence-electron chi connectivity index (χ4n) is 1.52. The predicted molar refractivity (Wildman–Crippen MR) is 58.6 cm³/mol. The molecule has 1 radical (unpaired) electrons. The molecule has 0 saturated heterocycles. The molecule has 0 aliphatic carbocycles. The van der Waals surface area contributed by atoms with Crippen LogP contribution in [0, 0.1) is 0 Å². The van der Waals surface area contributed by atoms with Crippen molar-refractivity contribution in [3.05, 3.63) is 40.4 Å². The van der Waals surface area contributed by atoms with Gasteiger partial charge in [0.25, 0.3) is 0 Å². The first-order chi connectivity index (χ1) is 6.36. The first-order valence-corrected chi connectivity index (χ1v) is 5.24. The van der Waals surface area contributed by atoms with Crippen molar-refractivity contribution in [3.8, 4) is 0 Å². The van der Waals surface area contributed by atoms with Gasteiger partial charge in [-0.3, -0.25) is 0 Å². The smallest absolute Gasteiger partial charge is 0.0320 e. The van der Waals surface area contributed by atoms with E-state index >= 15 is 0 Å². The van der Waals surface area contributed by atoms with Crippen LogP contribution < -0.4 is 5.32 Å². The Kier molecular flexibility index (Phi) is 2.81. The van der Waals surface area contributed by atoms with Crippen LogP contribution in [0.1, 0.15) is 12.0 Å². The number of halogens is 1. The van der Waals surface area contributed by atoms with Gasteiger partial charge in [-0.2, -0.15) is 0 Å². The van der Waals surface area contributed by atoms with Crippen molar-refractivity contribution in [2.24, 2.45) is 0 Å². The van der Waals surface area contributed by atoms with E-state index in [1.165, 1.54) is 11.1 Å². The van der Waals surface area contributed by atoms with Gasteiger partial charge < -0.3 is 0 Å². The molecule has 0 amide bonds. The van der Waals surface area contributed by atoms with Gasteiger partial charge in [-0.15, -0.1) is 0 Å². The minimum absolute atomic E-state index is 0.877. The number of nitrogens with zero attached hydrogens (tertiary/aromatic N) is 1. The van der Waals surface area contributed by atoms with Crippen LogP contribution in [0.15, 0.2) is 34.8 Å². The SMILES string of the molecule is Brc1cccc(C2=CC[N]CC2)c1. The van der Waals surface area contributed by atoms with E-state index in [1.54, 1.807) is 0 Å². The Labute approximate surface area is 87.0 Å². The predicted octanol–water partition coefficient (Wildman–Crippen LogP) is 2.84. The van der Waals surface area contributed by atoms with Gasteiger partial charge in [0.1, 0.15) is 0 Å². The van der Waals surface area contributed by atoms with E-state index < -0.39 is 0 Å². The van der Waals surface area contributed by atoms with Crippen LogP contribution in [0.3, 0.4) is 0 Å². The van der Waals surface area contributed by atoms with Crippen molar-refractivity contribution >= 4 is 21.5 Å². The topological polar surface area (TPSA) is 14.1 Å². The molecule has 0 bridgehead atoms. The maximum Gasteiger partial charge on any atom is 0.0320 e. The van der Waals surface area contributed by atoms with Gasteiger partial charge >= 0.3 is 0 Å². The van der Waals surface area contributed by atoms with Crippen molar-refractivity contribution in [2.75, 3.05) is 13.1 Å². The lowest BCUT2D eigenvalue weighted by Crippen LogP contribution is -2.12. The highest BCUT2D eigenvalue weighted by Gasteiger charge is 2.05. The first kappa shape index (κ1) is 8.97. The van der Waals surface area contributed by atoms with E-state index in [0.717, 1.165) is 24.0 Å². The lowest BCUT2D eigenvalue weighted by Gasteiger charge is -2.12. The maximum absolute atomic E-state index is 4.29. The summed E-state index contributed by atoms with van der Waals surface area (Å²) in [6.07, 6.45) is 3.29.